The first-order valence-corrected chi connectivity index (χ1v) is 7.31. The van der Waals surface area contributed by atoms with Gasteiger partial charge in [0.25, 0.3) is 5.91 Å². The van der Waals surface area contributed by atoms with Gasteiger partial charge in [-0.05, 0) is 39.8 Å². The van der Waals surface area contributed by atoms with Gasteiger partial charge in [0, 0.05) is 12.6 Å². The molecular formula is C15H22N4O3. The standard InChI is InChI=1S/C15H22N4O3/c1-10(2)19-12(4)14(16-17-19)15(21)18(7-8-20)9-13-6-5-11(3)22-13/h5-6,10,20H,7-9H2,1-4H3. The van der Waals surface area contributed by atoms with E-state index in [-0.39, 0.29) is 25.1 Å². The molecule has 2 rings (SSSR count). The maximum Gasteiger partial charge on any atom is 0.276 e. The molecule has 2 heterocycles. The Hall–Kier alpha value is -2.15. The fraction of sp³-hybridized carbons (Fsp3) is 0.533. The highest BCUT2D eigenvalue weighted by atomic mass is 16.3. The molecule has 120 valence electrons. The smallest absolute Gasteiger partial charge is 0.276 e. The van der Waals surface area contributed by atoms with E-state index in [1.807, 2.05) is 39.8 Å². The summed E-state index contributed by atoms with van der Waals surface area (Å²) in [6.07, 6.45) is 0. The average molecular weight is 306 g/mol. The molecule has 0 bridgehead atoms. The maximum atomic E-state index is 12.7. The SMILES string of the molecule is Cc1ccc(CN(CCO)C(=O)c2nnn(C(C)C)c2C)o1. The van der Waals surface area contributed by atoms with Crippen molar-refractivity contribution in [1.82, 2.24) is 19.9 Å². The highest BCUT2D eigenvalue weighted by Gasteiger charge is 2.24. The largest absolute Gasteiger partial charge is 0.464 e. The molecule has 22 heavy (non-hydrogen) atoms. The molecule has 0 spiro atoms. The Morgan fingerprint density at radius 3 is 2.64 bits per heavy atom. The maximum absolute atomic E-state index is 12.7. The van der Waals surface area contributed by atoms with Crippen molar-refractivity contribution in [1.29, 1.82) is 0 Å². The summed E-state index contributed by atoms with van der Waals surface area (Å²) in [5, 5.41) is 17.2. The molecule has 0 aliphatic carbocycles. The minimum atomic E-state index is -0.257. The molecule has 0 unspecified atom stereocenters. The Morgan fingerprint density at radius 2 is 2.14 bits per heavy atom. The molecule has 0 aliphatic rings. The highest BCUT2D eigenvalue weighted by Crippen LogP contribution is 2.15. The van der Waals surface area contributed by atoms with Crippen molar-refractivity contribution in [2.75, 3.05) is 13.2 Å². The van der Waals surface area contributed by atoms with E-state index in [4.69, 9.17) is 4.42 Å². The summed E-state index contributed by atoms with van der Waals surface area (Å²) in [7, 11) is 0. The average Bonchev–Trinajstić information content (AvgIpc) is 3.03. The second kappa shape index (κ2) is 6.74. The number of aryl methyl sites for hydroxylation is 1. The van der Waals surface area contributed by atoms with E-state index >= 15 is 0 Å². The highest BCUT2D eigenvalue weighted by molar-refractivity contribution is 5.93. The Morgan fingerprint density at radius 1 is 1.41 bits per heavy atom. The van der Waals surface area contributed by atoms with Crippen molar-refractivity contribution >= 4 is 5.91 Å². The molecule has 0 aliphatic heterocycles. The topological polar surface area (TPSA) is 84.4 Å². The molecule has 2 aromatic heterocycles. The van der Waals surface area contributed by atoms with Gasteiger partial charge in [-0.1, -0.05) is 5.21 Å². The second-order valence-electron chi connectivity index (χ2n) is 5.52. The van der Waals surface area contributed by atoms with Crippen molar-refractivity contribution in [2.45, 2.75) is 40.3 Å². The second-order valence-corrected chi connectivity index (χ2v) is 5.52. The molecule has 2 aromatic rings. The van der Waals surface area contributed by atoms with Gasteiger partial charge >= 0.3 is 0 Å². The lowest BCUT2D eigenvalue weighted by molar-refractivity contribution is 0.0687. The predicted molar refractivity (Wildman–Crippen MR) is 80.4 cm³/mol. The van der Waals surface area contributed by atoms with E-state index in [0.29, 0.717) is 18.0 Å². The van der Waals surface area contributed by atoms with Gasteiger partial charge in [0.05, 0.1) is 18.8 Å². The molecule has 0 atom stereocenters. The molecular weight excluding hydrogens is 284 g/mol. The molecule has 1 N–H and O–H groups in total. The molecule has 7 nitrogen and oxygen atoms in total. The van der Waals surface area contributed by atoms with Gasteiger partial charge in [-0.15, -0.1) is 5.10 Å². The normalized spacial score (nSPS) is 11.2. The molecule has 0 radical (unpaired) electrons. The first-order valence-electron chi connectivity index (χ1n) is 7.31. The van der Waals surface area contributed by atoms with Crippen LogP contribution in [0.15, 0.2) is 16.5 Å². The third-order valence-corrected chi connectivity index (χ3v) is 3.42. The lowest BCUT2D eigenvalue weighted by Gasteiger charge is -2.19. The van der Waals surface area contributed by atoms with Crippen LogP contribution < -0.4 is 0 Å². The number of hydrogen-bond donors (Lipinski definition) is 1. The van der Waals surface area contributed by atoms with Crippen molar-refractivity contribution in [2.24, 2.45) is 0 Å². The summed E-state index contributed by atoms with van der Waals surface area (Å²) < 4.78 is 7.21. The third kappa shape index (κ3) is 3.36. The summed E-state index contributed by atoms with van der Waals surface area (Å²) >= 11 is 0. The first kappa shape index (κ1) is 16.2. The van der Waals surface area contributed by atoms with Gasteiger partial charge in [-0.25, -0.2) is 4.68 Å². The van der Waals surface area contributed by atoms with Crippen LogP contribution in [-0.4, -0.2) is 44.1 Å². The molecule has 0 aromatic carbocycles. The van der Waals surface area contributed by atoms with Crippen molar-refractivity contribution in [3.63, 3.8) is 0 Å². The van der Waals surface area contributed by atoms with Gasteiger partial charge in [0.15, 0.2) is 5.69 Å². The molecule has 7 heteroatoms. The minimum Gasteiger partial charge on any atom is -0.464 e. The van der Waals surface area contributed by atoms with Crippen LogP contribution in [0.3, 0.4) is 0 Å². The van der Waals surface area contributed by atoms with Crippen LogP contribution in [0, 0.1) is 13.8 Å². The quantitative estimate of drug-likeness (QED) is 0.878. The minimum absolute atomic E-state index is 0.122. The molecule has 1 amide bonds. The Bertz CT molecular complexity index is 645. The van der Waals surface area contributed by atoms with E-state index in [1.165, 1.54) is 4.90 Å². The van der Waals surface area contributed by atoms with E-state index in [2.05, 4.69) is 10.3 Å². The number of hydrogen-bond acceptors (Lipinski definition) is 5. The number of amides is 1. The Balaban J connectivity index is 2.22. The Labute approximate surface area is 129 Å². The number of aliphatic hydroxyl groups excluding tert-OH is 1. The summed E-state index contributed by atoms with van der Waals surface area (Å²) in [6.45, 7) is 8.01. The monoisotopic (exact) mass is 306 g/mol. The van der Waals surface area contributed by atoms with E-state index in [0.717, 1.165) is 11.5 Å². The summed E-state index contributed by atoms with van der Waals surface area (Å²) in [6, 6.07) is 3.80. The zero-order chi connectivity index (χ0) is 16.3. The zero-order valence-corrected chi connectivity index (χ0v) is 13.4. The number of aromatic nitrogens is 3. The predicted octanol–water partition coefficient (Wildman–Crippen LogP) is 1.70. The number of carbonyl (C=O) groups is 1. The number of aliphatic hydroxyl groups is 1. The van der Waals surface area contributed by atoms with Crippen molar-refractivity contribution in [3.05, 3.63) is 35.0 Å². The fourth-order valence-electron chi connectivity index (χ4n) is 2.31. The Kier molecular flexibility index (Phi) is 4.97. The van der Waals surface area contributed by atoms with Gasteiger partial charge in [-0.3, -0.25) is 4.79 Å². The zero-order valence-electron chi connectivity index (χ0n) is 13.4. The van der Waals surface area contributed by atoms with Crippen LogP contribution in [-0.2, 0) is 6.54 Å². The number of rotatable bonds is 6. The molecule has 0 saturated carbocycles. The summed E-state index contributed by atoms with van der Waals surface area (Å²) in [5.41, 5.74) is 1.03. The van der Waals surface area contributed by atoms with Gasteiger partial charge in [-0.2, -0.15) is 0 Å². The van der Waals surface area contributed by atoms with Crippen molar-refractivity contribution in [3.8, 4) is 0 Å². The van der Waals surface area contributed by atoms with Crippen LogP contribution in [0.5, 0.6) is 0 Å². The lowest BCUT2D eigenvalue weighted by Crippen LogP contribution is -2.33. The van der Waals surface area contributed by atoms with Gasteiger partial charge in [0.1, 0.15) is 11.5 Å². The fourth-order valence-corrected chi connectivity index (χ4v) is 2.31. The van der Waals surface area contributed by atoms with Crippen LogP contribution in [0.4, 0.5) is 0 Å². The van der Waals surface area contributed by atoms with Crippen LogP contribution in [0.1, 0.15) is 47.6 Å². The third-order valence-electron chi connectivity index (χ3n) is 3.42. The van der Waals surface area contributed by atoms with Crippen molar-refractivity contribution < 1.29 is 14.3 Å². The molecule has 0 fully saturated rings. The van der Waals surface area contributed by atoms with Gasteiger partial charge < -0.3 is 14.4 Å². The number of nitrogens with zero attached hydrogens (tertiary/aromatic N) is 4. The molecule has 0 saturated heterocycles. The van der Waals surface area contributed by atoms with E-state index < -0.39 is 0 Å². The van der Waals surface area contributed by atoms with Crippen LogP contribution in [0.25, 0.3) is 0 Å². The first-order chi connectivity index (χ1) is 10.4. The van der Waals surface area contributed by atoms with Gasteiger partial charge in [0.2, 0.25) is 0 Å². The van der Waals surface area contributed by atoms with Crippen LogP contribution >= 0.6 is 0 Å². The summed E-state index contributed by atoms with van der Waals surface area (Å²) in [5.74, 6) is 1.20. The van der Waals surface area contributed by atoms with E-state index in [1.54, 1.807) is 4.68 Å². The number of carbonyl (C=O) groups excluding carboxylic acids is 1. The van der Waals surface area contributed by atoms with Crippen LogP contribution in [0.2, 0.25) is 0 Å². The lowest BCUT2D eigenvalue weighted by atomic mass is 10.2. The van der Waals surface area contributed by atoms with E-state index in [9.17, 15) is 9.90 Å². The number of furan rings is 1. The summed E-state index contributed by atoms with van der Waals surface area (Å²) in [4.78, 5) is 14.2.